The van der Waals surface area contributed by atoms with E-state index in [1.807, 2.05) is 6.07 Å². The van der Waals surface area contributed by atoms with E-state index in [0.717, 1.165) is 4.90 Å². The fourth-order valence-electron chi connectivity index (χ4n) is 1.30. The molecule has 0 fully saturated rings. The third kappa shape index (κ3) is 3.33. The van der Waals surface area contributed by atoms with Crippen molar-refractivity contribution in [3.05, 3.63) is 59.6 Å². The monoisotopic (exact) mass is 286 g/mol. The smallest absolute Gasteiger partial charge is 0.134 e. The first-order valence-corrected chi connectivity index (χ1v) is 8.27. The molecule has 2 aromatic rings. The average molecular weight is 287 g/mol. The van der Waals surface area contributed by atoms with Crippen molar-refractivity contribution in [1.29, 1.82) is 0 Å². The van der Waals surface area contributed by atoms with Crippen molar-refractivity contribution in [2.45, 2.75) is 9.79 Å². The van der Waals surface area contributed by atoms with Gasteiger partial charge in [-0.3, -0.25) is 0 Å². The Hall–Kier alpha value is -0.810. The predicted octanol–water partition coefficient (Wildman–Crippen LogP) is 3.25. The van der Waals surface area contributed by atoms with Gasteiger partial charge >= 0.3 is 0 Å². The van der Waals surface area contributed by atoms with Gasteiger partial charge in [0.1, 0.15) is 8.77 Å². The van der Waals surface area contributed by atoms with Crippen molar-refractivity contribution in [1.82, 2.24) is 0 Å². The summed E-state index contributed by atoms with van der Waals surface area (Å²) in [5.74, 6) is 0. The molecule has 1 N–H and O–H groups in total. The molecule has 0 bridgehead atoms. The molecule has 0 radical (unpaired) electrons. The van der Waals surface area contributed by atoms with E-state index in [0.29, 0.717) is 20.2 Å². The van der Waals surface area contributed by atoms with Gasteiger partial charge in [-0.2, -0.15) is 0 Å². The second kappa shape index (κ2) is 5.23. The summed E-state index contributed by atoms with van der Waals surface area (Å²) in [5, 5.41) is 0.619. The van der Waals surface area contributed by atoms with Crippen molar-refractivity contribution in [3.63, 3.8) is 0 Å². The molecular formula is C12H11ClO2S2. The summed E-state index contributed by atoms with van der Waals surface area (Å²) in [4.78, 5) is 1.21. The van der Waals surface area contributed by atoms with E-state index in [9.17, 15) is 8.76 Å². The molecular weight excluding hydrogens is 276 g/mol. The number of hydrogen-bond donors (Lipinski definition) is 2. The Bertz CT molecular complexity index is 615. The van der Waals surface area contributed by atoms with Crippen LogP contribution in [0.2, 0.25) is 5.02 Å². The minimum absolute atomic E-state index is 0.381. The highest BCUT2D eigenvalue weighted by Crippen LogP contribution is 2.14. The van der Waals surface area contributed by atoms with E-state index in [2.05, 4.69) is 0 Å². The second-order valence-electron chi connectivity index (χ2n) is 3.38. The molecule has 2 nitrogen and oxygen atoms in total. The van der Waals surface area contributed by atoms with Crippen LogP contribution in [0, 0.1) is 0 Å². The Morgan fingerprint density at radius 1 is 1.00 bits per heavy atom. The van der Waals surface area contributed by atoms with Crippen molar-refractivity contribution in [2.75, 3.05) is 0 Å². The zero-order chi connectivity index (χ0) is 12.3. The third-order valence-corrected chi connectivity index (χ3v) is 6.01. The first kappa shape index (κ1) is 12.6. The molecule has 5 heteroatoms. The molecule has 1 unspecified atom stereocenters. The van der Waals surface area contributed by atoms with Crippen molar-refractivity contribution in [2.24, 2.45) is 0 Å². The molecule has 0 saturated carbocycles. The number of rotatable bonds is 2. The Kier molecular flexibility index (Phi) is 3.89. The Morgan fingerprint density at radius 3 is 2.18 bits per heavy atom. The molecule has 0 saturated heterocycles. The first-order chi connectivity index (χ1) is 8.08. The van der Waals surface area contributed by atoms with Crippen molar-refractivity contribution >= 4 is 30.7 Å². The summed E-state index contributed by atoms with van der Waals surface area (Å²) in [6, 6.07) is 15.6. The largest absolute Gasteiger partial charge is 0.306 e. The van der Waals surface area contributed by atoms with Gasteiger partial charge in [0.05, 0.1) is 4.90 Å². The van der Waals surface area contributed by atoms with Crippen LogP contribution in [0.3, 0.4) is 0 Å². The molecule has 0 heterocycles. The Morgan fingerprint density at radius 2 is 1.59 bits per heavy atom. The first-order valence-electron chi connectivity index (χ1n) is 4.88. The quantitative estimate of drug-likeness (QED) is 0.832. The molecule has 17 heavy (non-hydrogen) atoms. The molecule has 0 spiro atoms. The maximum absolute atomic E-state index is 12.2. The SMILES string of the molecule is O=S(O)(=[SH]c1ccc(Cl)cc1)c1ccccc1. The molecule has 0 amide bonds. The van der Waals surface area contributed by atoms with Crippen LogP contribution >= 0.6 is 11.6 Å². The minimum Gasteiger partial charge on any atom is -0.306 e. The van der Waals surface area contributed by atoms with Gasteiger partial charge in [-0.15, -0.1) is 0 Å². The van der Waals surface area contributed by atoms with Gasteiger partial charge in [0.15, 0.2) is 0 Å². The van der Waals surface area contributed by atoms with Crippen LogP contribution in [0.4, 0.5) is 0 Å². The summed E-state index contributed by atoms with van der Waals surface area (Å²) in [7, 11) is -2.67. The van der Waals surface area contributed by atoms with Gasteiger partial charge in [0.2, 0.25) is 0 Å². The van der Waals surface area contributed by atoms with Crippen LogP contribution in [0.1, 0.15) is 0 Å². The van der Waals surface area contributed by atoms with E-state index >= 15 is 0 Å². The van der Waals surface area contributed by atoms with Gasteiger partial charge in [-0.1, -0.05) is 40.1 Å². The maximum Gasteiger partial charge on any atom is 0.134 e. The van der Waals surface area contributed by atoms with Gasteiger partial charge in [0.25, 0.3) is 0 Å². The van der Waals surface area contributed by atoms with Crippen LogP contribution in [0.15, 0.2) is 64.4 Å². The minimum atomic E-state index is -3.05. The van der Waals surface area contributed by atoms with Crippen LogP contribution in [0.25, 0.3) is 0 Å². The van der Waals surface area contributed by atoms with Gasteiger partial charge in [-0.05, 0) is 36.4 Å². The topological polar surface area (TPSA) is 37.3 Å². The highest BCUT2D eigenvalue weighted by molar-refractivity contribution is 8.36. The van der Waals surface area contributed by atoms with Gasteiger partial charge in [-0.25, -0.2) is 4.21 Å². The summed E-state index contributed by atoms with van der Waals surface area (Å²) >= 11 is 5.76. The van der Waals surface area contributed by atoms with E-state index in [-0.39, 0.29) is 0 Å². The lowest BCUT2D eigenvalue weighted by Crippen LogP contribution is -1.99. The van der Waals surface area contributed by atoms with Crippen LogP contribution in [0.5, 0.6) is 0 Å². The van der Waals surface area contributed by atoms with Crippen LogP contribution in [-0.2, 0) is 19.1 Å². The lowest BCUT2D eigenvalue weighted by Gasteiger charge is -2.04. The Labute approximate surface area is 109 Å². The van der Waals surface area contributed by atoms with Gasteiger partial charge in [0, 0.05) is 9.92 Å². The molecule has 0 aliphatic carbocycles. The zero-order valence-corrected chi connectivity index (χ0v) is 11.3. The lowest BCUT2D eigenvalue weighted by molar-refractivity contribution is 0.561. The molecule has 2 rings (SSSR count). The fourth-order valence-corrected chi connectivity index (χ4v) is 4.50. The molecule has 0 aliphatic rings. The summed E-state index contributed by atoms with van der Waals surface area (Å²) in [6.45, 7) is 0. The van der Waals surface area contributed by atoms with Crippen molar-refractivity contribution in [3.8, 4) is 0 Å². The highest BCUT2D eigenvalue weighted by Gasteiger charge is 2.05. The molecule has 2 aromatic carbocycles. The van der Waals surface area contributed by atoms with E-state index in [4.69, 9.17) is 11.6 Å². The number of halogens is 1. The van der Waals surface area contributed by atoms with Crippen LogP contribution < -0.4 is 0 Å². The Balaban J connectivity index is 2.46. The summed E-state index contributed by atoms with van der Waals surface area (Å²) < 4.78 is 22.1. The predicted molar refractivity (Wildman–Crippen MR) is 74.0 cm³/mol. The van der Waals surface area contributed by atoms with Crippen LogP contribution in [-0.4, -0.2) is 8.76 Å². The lowest BCUT2D eigenvalue weighted by atomic mass is 10.4. The second-order valence-corrected chi connectivity index (χ2v) is 8.01. The highest BCUT2D eigenvalue weighted by atomic mass is 35.5. The third-order valence-electron chi connectivity index (χ3n) is 2.11. The van der Waals surface area contributed by atoms with E-state index in [1.165, 1.54) is 0 Å². The van der Waals surface area contributed by atoms with Gasteiger partial charge < -0.3 is 4.55 Å². The molecule has 1 atom stereocenters. The molecule has 0 aromatic heterocycles. The number of benzene rings is 2. The fraction of sp³-hybridized carbons (Fsp3) is 0. The molecule has 0 aliphatic heterocycles. The standard InChI is InChI=1S/C12H11ClO2S2/c13-10-6-8-11(9-7-10)16-17(14,15)12-4-2-1-3-5-12/h1-9,16H,(H,14,15). The summed E-state index contributed by atoms with van der Waals surface area (Å²) in [5.41, 5.74) is 0. The number of hydrogen-bond acceptors (Lipinski definition) is 1. The summed E-state index contributed by atoms with van der Waals surface area (Å²) in [6.07, 6.45) is 0. The average Bonchev–Trinajstić information content (AvgIpc) is 2.33. The van der Waals surface area contributed by atoms with E-state index < -0.39 is 8.77 Å². The van der Waals surface area contributed by atoms with E-state index in [1.54, 1.807) is 48.5 Å². The molecule has 90 valence electrons. The normalized spacial score (nSPS) is 14.2. The number of thiol groups is 1. The van der Waals surface area contributed by atoms with Crippen molar-refractivity contribution < 1.29 is 8.76 Å². The zero-order valence-electron chi connectivity index (χ0n) is 8.79. The maximum atomic E-state index is 12.2.